The van der Waals surface area contributed by atoms with Crippen LogP contribution in [-0.4, -0.2) is 15.0 Å². The van der Waals surface area contributed by atoms with Crippen molar-refractivity contribution in [2.24, 2.45) is 11.5 Å². The Balaban J connectivity index is 1.80. The van der Waals surface area contributed by atoms with Crippen LogP contribution >= 0.6 is 0 Å². The number of benzene rings is 1. The smallest absolute Gasteiger partial charge is 0.223 e. The molecule has 0 bridgehead atoms. The zero-order valence-electron chi connectivity index (χ0n) is 15.7. The molecule has 0 fully saturated rings. The maximum atomic E-state index is 6.17. The minimum absolute atomic E-state index is 0.239. The van der Waals surface area contributed by atoms with E-state index in [1.54, 1.807) is 0 Å². The number of nitrogens with one attached hydrogen (secondary N) is 1. The first kappa shape index (κ1) is 17.1. The molecule has 0 spiro atoms. The van der Waals surface area contributed by atoms with Crippen LogP contribution < -0.4 is 16.2 Å². The lowest BCUT2D eigenvalue weighted by Gasteiger charge is -2.34. The summed E-state index contributed by atoms with van der Waals surface area (Å²) in [6, 6.07) is 10.1. The van der Waals surface area contributed by atoms with Crippen LogP contribution in [0, 0.1) is 0 Å². The van der Waals surface area contributed by atoms with Crippen molar-refractivity contribution in [2.75, 3.05) is 0 Å². The molecular formula is C21H23N5O. The number of nitrogens with zero attached hydrogens (tertiary/aromatic N) is 2. The highest BCUT2D eigenvalue weighted by Crippen LogP contribution is 2.48. The molecule has 3 heterocycles. The average molecular weight is 361 g/mol. The Morgan fingerprint density at radius 3 is 2.70 bits per heavy atom. The van der Waals surface area contributed by atoms with Crippen LogP contribution in [0.5, 0.6) is 11.6 Å². The van der Waals surface area contributed by atoms with Gasteiger partial charge in [0.1, 0.15) is 11.6 Å². The lowest BCUT2D eigenvalue weighted by Crippen LogP contribution is -2.25. The summed E-state index contributed by atoms with van der Waals surface area (Å²) in [5, 5.41) is 0. The summed E-state index contributed by atoms with van der Waals surface area (Å²) in [7, 11) is 0. The van der Waals surface area contributed by atoms with Crippen LogP contribution in [0.1, 0.15) is 43.4 Å². The molecule has 3 aromatic rings. The molecular weight excluding hydrogens is 338 g/mol. The number of fused-ring (bicyclic) bond motifs is 2. The van der Waals surface area contributed by atoms with Gasteiger partial charge in [-0.1, -0.05) is 39.0 Å². The fourth-order valence-corrected chi connectivity index (χ4v) is 3.47. The number of H-pyrrole nitrogens is 1. The van der Waals surface area contributed by atoms with Crippen LogP contribution in [0.2, 0.25) is 0 Å². The number of aromatic nitrogens is 3. The number of aryl methyl sites for hydroxylation is 1. The zero-order valence-corrected chi connectivity index (χ0v) is 15.7. The van der Waals surface area contributed by atoms with Gasteiger partial charge < -0.3 is 21.2 Å². The number of rotatable bonds is 3. The highest BCUT2D eigenvalue weighted by Gasteiger charge is 2.35. The molecule has 0 atom stereocenters. The van der Waals surface area contributed by atoms with Crippen LogP contribution in [-0.2, 0) is 11.8 Å². The number of imidazole rings is 1. The molecule has 1 aliphatic heterocycles. The molecule has 1 aromatic carbocycles. The second kappa shape index (κ2) is 6.16. The lowest BCUT2D eigenvalue weighted by molar-refractivity contribution is 0.401. The Kier molecular flexibility index (Phi) is 3.91. The molecule has 5 N–H and O–H groups in total. The van der Waals surface area contributed by atoms with E-state index in [9.17, 15) is 0 Å². The lowest BCUT2D eigenvalue weighted by atomic mass is 9.76. The van der Waals surface area contributed by atoms with Gasteiger partial charge in [0.15, 0.2) is 0 Å². The molecule has 138 valence electrons. The predicted molar refractivity (Wildman–Crippen MR) is 106 cm³/mol. The van der Waals surface area contributed by atoms with Crippen molar-refractivity contribution in [1.82, 2.24) is 15.0 Å². The fraction of sp³-hybridized carbons (Fsp3) is 0.238. The van der Waals surface area contributed by atoms with E-state index < -0.39 is 0 Å². The Bertz CT molecular complexity index is 1050. The summed E-state index contributed by atoms with van der Waals surface area (Å²) < 4.78 is 6.17. The van der Waals surface area contributed by atoms with Gasteiger partial charge in [-0.15, -0.1) is 0 Å². The Labute approximate surface area is 158 Å². The van der Waals surface area contributed by atoms with Crippen molar-refractivity contribution >= 4 is 5.70 Å². The zero-order chi connectivity index (χ0) is 19.2. The quantitative estimate of drug-likeness (QED) is 0.660. The minimum atomic E-state index is -0.239. The fourth-order valence-electron chi connectivity index (χ4n) is 3.47. The summed E-state index contributed by atoms with van der Waals surface area (Å²) in [5.41, 5.74) is 16.4. The first-order valence-electron chi connectivity index (χ1n) is 9.00. The van der Waals surface area contributed by atoms with Gasteiger partial charge in [0, 0.05) is 34.7 Å². The maximum absolute atomic E-state index is 6.17. The van der Waals surface area contributed by atoms with Crippen molar-refractivity contribution < 1.29 is 4.74 Å². The number of aromatic amines is 1. The third-order valence-corrected chi connectivity index (χ3v) is 5.14. The number of nitrogens with two attached hydrogens (primary N) is 2. The summed E-state index contributed by atoms with van der Waals surface area (Å²) in [5.74, 6) is 2.31. The second-order valence-electron chi connectivity index (χ2n) is 7.21. The van der Waals surface area contributed by atoms with Gasteiger partial charge in [-0.25, -0.2) is 9.97 Å². The Morgan fingerprint density at radius 2 is 2.00 bits per heavy atom. The summed E-state index contributed by atoms with van der Waals surface area (Å²) in [4.78, 5) is 12.3. The number of pyridine rings is 1. The maximum Gasteiger partial charge on any atom is 0.223 e. The van der Waals surface area contributed by atoms with Crippen LogP contribution in [0.4, 0.5) is 0 Å². The highest BCUT2D eigenvalue weighted by molar-refractivity contribution is 5.67. The van der Waals surface area contributed by atoms with Crippen molar-refractivity contribution in [1.29, 1.82) is 0 Å². The van der Waals surface area contributed by atoms with E-state index in [0.717, 1.165) is 40.4 Å². The third kappa shape index (κ3) is 2.73. The third-order valence-electron chi connectivity index (χ3n) is 5.14. The van der Waals surface area contributed by atoms with Crippen LogP contribution in [0.3, 0.4) is 0 Å². The van der Waals surface area contributed by atoms with Gasteiger partial charge in [0.05, 0.1) is 23.3 Å². The molecule has 2 aromatic heterocycles. The molecule has 0 radical (unpaired) electrons. The Morgan fingerprint density at radius 1 is 1.22 bits per heavy atom. The summed E-state index contributed by atoms with van der Waals surface area (Å²) >= 11 is 0. The molecule has 4 rings (SSSR count). The number of ether oxygens (including phenoxy) is 1. The monoisotopic (exact) mass is 361 g/mol. The van der Waals surface area contributed by atoms with E-state index in [2.05, 4.69) is 47.9 Å². The molecule has 6 heteroatoms. The first-order chi connectivity index (χ1) is 12.9. The SMILES string of the molecule is CCc1ncc(-c2ccc3c(c2)Oc2nc(/C(N)=C/N)ccc2C3(C)C)[nH]1. The molecule has 0 aliphatic carbocycles. The van der Waals surface area contributed by atoms with Gasteiger partial charge in [0.2, 0.25) is 5.88 Å². The molecule has 6 nitrogen and oxygen atoms in total. The molecule has 0 saturated carbocycles. The van der Waals surface area contributed by atoms with E-state index in [0.29, 0.717) is 17.3 Å². The molecule has 0 unspecified atom stereocenters. The van der Waals surface area contributed by atoms with Gasteiger partial charge in [0.25, 0.3) is 0 Å². The van der Waals surface area contributed by atoms with Crippen molar-refractivity contribution in [2.45, 2.75) is 32.6 Å². The topological polar surface area (TPSA) is 103 Å². The molecule has 0 saturated heterocycles. The molecule has 27 heavy (non-hydrogen) atoms. The van der Waals surface area contributed by atoms with Crippen molar-refractivity contribution in [3.8, 4) is 22.9 Å². The van der Waals surface area contributed by atoms with Crippen molar-refractivity contribution in [3.63, 3.8) is 0 Å². The van der Waals surface area contributed by atoms with Gasteiger partial charge in [-0.3, -0.25) is 0 Å². The Hall–Kier alpha value is -3.28. The van der Waals surface area contributed by atoms with Gasteiger partial charge in [-0.2, -0.15) is 0 Å². The standard InChI is InChI=1S/C21H23N5O/c1-4-19-24-11-17(25-19)12-5-6-13-18(9-12)27-20-14(21(13,2)3)7-8-16(26-20)15(23)10-22/h5-11H,4,22-23H2,1-3H3,(H,24,25)/b15-10-. The number of hydrogen-bond donors (Lipinski definition) is 3. The average Bonchev–Trinajstić information content (AvgIpc) is 3.16. The van der Waals surface area contributed by atoms with Crippen LogP contribution in [0.25, 0.3) is 17.0 Å². The normalized spacial score (nSPS) is 15.0. The van der Waals surface area contributed by atoms with E-state index in [-0.39, 0.29) is 5.41 Å². The minimum Gasteiger partial charge on any atom is -0.438 e. The summed E-state index contributed by atoms with van der Waals surface area (Å²) in [6.45, 7) is 6.41. The molecule has 1 aliphatic rings. The van der Waals surface area contributed by atoms with Gasteiger partial charge >= 0.3 is 0 Å². The first-order valence-corrected chi connectivity index (χ1v) is 9.00. The summed E-state index contributed by atoms with van der Waals surface area (Å²) in [6.07, 6.45) is 4.06. The highest BCUT2D eigenvalue weighted by atomic mass is 16.5. The van der Waals surface area contributed by atoms with E-state index >= 15 is 0 Å². The van der Waals surface area contributed by atoms with Crippen LogP contribution in [0.15, 0.2) is 42.7 Å². The second-order valence-corrected chi connectivity index (χ2v) is 7.21. The van der Waals surface area contributed by atoms with Gasteiger partial charge in [-0.05, 0) is 12.1 Å². The van der Waals surface area contributed by atoms with E-state index in [4.69, 9.17) is 16.2 Å². The number of hydrogen-bond acceptors (Lipinski definition) is 5. The van der Waals surface area contributed by atoms with E-state index in [1.165, 1.54) is 6.20 Å². The van der Waals surface area contributed by atoms with E-state index in [1.807, 2.05) is 24.4 Å². The van der Waals surface area contributed by atoms with Crippen molar-refractivity contribution in [3.05, 3.63) is 65.4 Å². The predicted octanol–water partition coefficient (Wildman–Crippen LogP) is 3.68. The molecule has 0 amide bonds. The largest absolute Gasteiger partial charge is 0.438 e.